The second kappa shape index (κ2) is 8.57. The van der Waals surface area contributed by atoms with Crippen LogP contribution >= 0.6 is 0 Å². The zero-order valence-corrected chi connectivity index (χ0v) is 21.0. The van der Waals surface area contributed by atoms with Crippen molar-refractivity contribution in [2.75, 3.05) is 24.1 Å². The molecule has 0 bridgehead atoms. The van der Waals surface area contributed by atoms with Gasteiger partial charge in [0, 0.05) is 49.8 Å². The molecule has 1 saturated carbocycles. The normalized spacial score (nSPS) is 22.7. The van der Waals surface area contributed by atoms with Crippen LogP contribution in [0.15, 0.2) is 24.4 Å². The number of pyridine rings is 1. The number of piperidine rings is 1. The number of nitrogens with two attached hydrogens (primary N) is 1. The number of hydrogen-bond acceptors (Lipinski definition) is 7. The van der Waals surface area contributed by atoms with E-state index in [0.717, 1.165) is 28.2 Å². The summed E-state index contributed by atoms with van der Waals surface area (Å²) in [6, 6.07) is 5.17. The predicted octanol–water partition coefficient (Wildman–Crippen LogP) is 4.23. The Balaban J connectivity index is 1.23. The molecule has 0 aromatic carbocycles. The van der Waals surface area contributed by atoms with Crippen LogP contribution in [0.4, 0.5) is 24.9 Å². The van der Waals surface area contributed by atoms with E-state index in [0.29, 0.717) is 18.5 Å². The van der Waals surface area contributed by atoms with Gasteiger partial charge in [-0.3, -0.25) is 4.90 Å². The minimum Gasteiger partial charge on any atom is -0.382 e. The minimum atomic E-state index is -2.61. The zero-order valence-electron chi connectivity index (χ0n) is 21.0. The third kappa shape index (κ3) is 4.16. The van der Waals surface area contributed by atoms with Crippen molar-refractivity contribution in [3.63, 3.8) is 0 Å². The first kappa shape index (κ1) is 24.0. The highest BCUT2D eigenvalue weighted by Crippen LogP contribution is 2.41. The van der Waals surface area contributed by atoms with Crippen LogP contribution in [0.1, 0.15) is 45.0 Å². The maximum atomic E-state index is 15.0. The Bertz CT molecular complexity index is 1470. The molecule has 37 heavy (non-hydrogen) atoms. The molecule has 6 rings (SSSR count). The first-order valence-corrected chi connectivity index (χ1v) is 12.6. The van der Waals surface area contributed by atoms with Crippen LogP contribution in [0.2, 0.25) is 0 Å². The number of fused-ring (bicyclic) bond motifs is 2. The SMILES string of the molecule is Cc1nc2ccc(-c3ccn4nc(N[C@H]5CCN(C6CC(F)(F)C6)C[C@H]5F)nc(N)c34)nc2n1C(C)C. The van der Waals surface area contributed by atoms with Gasteiger partial charge in [0.1, 0.15) is 23.0 Å². The van der Waals surface area contributed by atoms with Crippen LogP contribution in [0.25, 0.3) is 27.9 Å². The van der Waals surface area contributed by atoms with Gasteiger partial charge in [-0.25, -0.2) is 27.7 Å². The Morgan fingerprint density at radius 3 is 2.62 bits per heavy atom. The number of hydrogen-bond donors (Lipinski definition) is 2. The van der Waals surface area contributed by atoms with E-state index in [9.17, 15) is 13.2 Å². The Morgan fingerprint density at radius 2 is 1.92 bits per heavy atom. The lowest BCUT2D eigenvalue weighted by Crippen LogP contribution is -2.57. The number of imidazole rings is 1. The fraction of sp³-hybridized carbons (Fsp3) is 0.520. The lowest BCUT2D eigenvalue weighted by molar-refractivity contribution is -0.131. The van der Waals surface area contributed by atoms with Crippen molar-refractivity contribution in [3.8, 4) is 11.3 Å². The van der Waals surface area contributed by atoms with Crippen molar-refractivity contribution in [2.24, 2.45) is 0 Å². The molecular weight excluding hydrogens is 483 g/mol. The molecule has 4 aromatic rings. The molecule has 0 radical (unpaired) electrons. The van der Waals surface area contributed by atoms with Gasteiger partial charge in [-0.2, -0.15) is 4.98 Å². The van der Waals surface area contributed by atoms with Gasteiger partial charge in [-0.15, -0.1) is 5.10 Å². The van der Waals surface area contributed by atoms with Gasteiger partial charge < -0.3 is 15.6 Å². The third-order valence-electron chi connectivity index (χ3n) is 7.52. The molecule has 3 N–H and O–H groups in total. The topological polar surface area (TPSA) is 102 Å². The Labute approximate surface area is 211 Å². The monoisotopic (exact) mass is 513 g/mol. The lowest BCUT2D eigenvalue weighted by atomic mass is 9.85. The molecule has 12 heteroatoms. The fourth-order valence-electron chi connectivity index (χ4n) is 5.65. The summed E-state index contributed by atoms with van der Waals surface area (Å²) in [5, 5.41) is 7.58. The predicted molar refractivity (Wildman–Crippen MR) is 136 cm³/mol. The Morgan fingerprint density at radius 1 is 1.14 bits per heavy atom. The second-order valence-corrected chi connectivity index (χ2v) is 10.5. The maximum absolute atomic E-state index is 15.0. The zero-order chi connectivity index (χ0) is 26.1. The Hall–Kier alpha value is -3.41. The van der Waals surface area contributed by atoms with E-state index < -0.39 is 18.1 Å². The van der Waals surface area contributed by atoms with Gasteiger partial charge in [0.25, 0.3) is 5.92 Å². The van der Waals surface area contributed by atoms with Crippen molar-refractivity contribution < 1.29 is 13.2 Å². The molecule has 4 aromatic heterocycles. The molecule has 1 saturated heterocycles. The lowest BCUT2D eigenvalue weighted by Gasteiger charge is -2.46. The maximum Gasteiger partial charge on any atom is 0.251 e. The Kier molecular flexibility index (Phi) is 5.55. The molecule has 1 aliphatic heterocycles. The highest BCUT2D eigenvalue weighted by molar-refractivity contribution is 5.88. The van der Waals surface area contributed by atoms with E-state index in [1.165, 1.54) is 0 Å². The van der Waals surface area contributed by atoms with Crippen LogP contribution in [-0.4, -0.2) is 71.3 Å². The average molecular weight is 514 g/mol. The van der Waals surface area contributed by atoms with Crippen molar-refractivity contribution in [3.05, 3.63) is 30.2 Å². The molecule has 5 heterocycles. The van der Waals surface area contributed by atoms with Gasteiger partial charge in [0.05, 0.1) is 11.7 Å². The third-order valence-corrected chi connectivity index (χ3v) is 7.52. The number of halogens is 3. The molecular formula is C25H30F3N9. The first-order chi connectivity index (χ1) is 17.6. The van der Waals surface area contributed by atoms with Crippen molar-refractivity contribution in [1.82, 2.24) is 34.0 Å². The van der Waals surface area contributed by atoms with Gasteiger partial charge in [0.2, 0.25) is 5.95 Å². The van der Waals surface area contributed by atoms with E-state index in [2.05, 4.69) is 38.8 Å². The molecule has 196 valence electrons. The molecule has 9 nitrogen and oxygen atoms in total. The van der Waals surface area contributed by atoms with Crippen molar-refractivity contribution in [2.45, 2.75) is 70.3 Å². The highest BCUT2D eigenvalue weighted by Gasteiger charge is 2.49. The number of alkyl halides is 3. The van der Waals surface area contributed by atoms with Crippen LogP contribution < -0.4 is 11.1 Å². The fourth-order valence-corrected chi connectivity index (χ4v) is 5.65. The summed E-state index contributed by atoms with van der Waals surface area (Å²) in [7, 11) is 0. The van der Waals surface area contributed by atoms with Crippen molar-refractivity contribution >= 4 is 28.4 Å². The first-order valence-electron chi connectivity index (χ1n) is 12.6. The summed E-state index contributed by atoms with van der Waals surface area (Å²) in [5.74, 6) is -1.24. The van der Waals surface area contributed by atoms with E-state index in [1.807, 2.05) is 30.0 Å². The summed E-state index contributed by atoms with van der Waals surface area (Å²) in [6.07, 6.45) is 0.635. The number of aromatic nitrogens is 6. The second-order valence-electron chi connectivity index (χ2n) is 10.5. The molecule has 0 spiro atoms. The highest BCUT2D eigenvalue weighted by atomic mass is 19.3. The van der Waals surface area contributed by atoms with Gasteiger partial charge >= 0.3 is 0 Å². The number of nitrogens with zero attached hydrogens (tertiary/aromatic N) is 7. The number of rotatable bonds is 5. The van der Waals surface area contributed by atoms with Gasteiger partial charge in [0.15, 0.2) is 11.5 Å². The molecule has 2 atom stereocenters. The largest absolute Gasteiger partial charge is 0.382 e. The number of anilines is 2. The molecule has 2 fully saturated rings. The summed E-state index contributed by atoms with van der Waals surface area (Å²) < 4.78 is 45.1. The van der Waals surface area contributed by atoms with Crippen LogP contribution in [0.5, 0.6) is 0 Å². The summed E-state index contributed by atoms with van der Waals surface area (Å²) >= 11 is 0. The van der Waals surface area contributed by atoms with Gasteiger partial charge in [-0.05, 0) is 45.4 Å². The quantitative estimate of drug-likeness (QED) is 0.412. The van der Waals surface area contributed by atoms with E-state index in [-0.39, 0.29) is 43.2 Å². The number of nitrogen functional groups attached to an aromatic ring is 1. The number of aryl methyl sites for hydroxylation is 1. The van der Waals surface area contributed by atoms with Crippen LogP contribution in [0.3, 0.4) is 0 Å². The van der Waals surface area contributed by atoms with Crippen LogP contribution in [-0.2, 0) is 0 Å². The smallest absolute Gasteiger partial charge is 0.251 e. The number of nitrogens with one attached hydrogen (secondary N) is 1. The van der Waals surface area contributed by atoms with Crippen molar-refractivity contribution in [1.29, 1.82) is 0 Å². The number of likely N-dealkylation sites (tertiary alicyclic amines) is 1. The average Bonchev–Trinajstić information content (AvgIpc) is 3.38. The summed E-state index contributed by atoms with van der Waals surface area (Å²) in [6.45, 7) is 6.81. The summed E-state index contributed by atoms with van der Waals surface area (Å²) in [5.41, 5.74) is 10.1. The van der Waals surface area contributed by atoms with Crippen LogP contribution in [0, 0.1) is 6.92 Å². The van der Waals surface area contributed by atoms with E-state index >= 15 is 0 Å². The molecule has 0 unspecified atom stereocenters. The molecule has 0 amide bonds. The van der Waals surface area contributed by atoms with E-state index in [1.54, 1.807) is 10.7 Å². The van der Waals surface area contributed by atoms with Gasteiger partial charge in [-0.1, -0.05) is 0 Å². The standard InChI is InChI=1S/C25H30F3N9/c1-13(2)37-14(3)30-20-5-4-18(31-23(20)37)16-6-9-36-21(16)22(29)33-24(34-36)32-19-7-8-35(12-17(19)26)15-10-25(27,28)11-15/h4-6,9,13,15,17,19H,7-8,10-12H2,1-3H3,(H3,29,32,33,34)/t17-,19+/m1/s1. The minimum absolute atomic E-state index is 0.115. The summed E-state index contributed by atoms with van der Waals surface area (Å²) in [4.78, 5) is 15.7. The molecule has 2 aliphatic rings. The molecule has 1 aliphatic carbocycles. The van der Waals surface area contributed by atoms with E-state index in [4.69, 9.17) is 10.7 Å².